The summed E-state index contributed by atoms with van der Waals surface area (Å²) < 4.78 is 4.83. The van der Waals surface area contributed by atoms with Crippen LogP contribution in [0.1, 0.15) is 0 Å². The molecule has 0 fully saturated rings. The van der Waals surface area contributed by atoms with Gasteiger partial charge in [-0.1, -0.05) is 6.08 Å². The van der Waals surface area contributed by atoms with Crippen LogP contribution in [0, 0.1) is 0 Å². The second-order valence-corrected chi connectivity index (χ2v) is 1.66. The van der Waals surface area contributed by atoms with Crippen molar-refractivity contribution in [3.63, 3.8) is 0 Å². The molecule has 0 heterocycles. The second-order valence-electron chi connectivity index (χ2n) is 1.66. The summed E-state index contributed by atoms with van der Waals surface area (Å²) in [6.07, 6.45) is 4.67. The van der Waals surface area contributed by atoms with Gasteiger partial charge < -0.3 is 14.9 Å². The Balaban J connectivity index is 3.20. The first-order chi connectivity index (χ1) is 5.27. The molecular formula is C7H10O4. The molecule has 2 N–H and O–H groups in total. The molecule has 0 amide bonds. The number of hydrogen-bond acceptors (Lipinski definition) is 3. The van der Waals surface area contributed by atoms with Crippen LogP contribution in [0.2, 0.25) is 0 Å². The van der Waals surface area contributed by atoms with Gasteiger partial charge in [-0.05, 0) is 6.08 Å². The van der Waals surface area contributed by atoms with E-state index in [-0.39, 0.29) is 13.2 Å². The van der Waals surface area contributed by atoms with Crippen molar-refractivity contribution in [2.24, 2.45) is 0 Å². The topological polar surface area (TPSA) is 66.8 Å². The van der Waals surface area contributed by atoms with E-state index in [9.17, 15) is 4.79 Å². The molecule has 0 aromatic rings. The lowest BCUT2D eigenvalue weighted by Crippen LogP contribution is -1.92. The molecule has 0 saturated heterocycles. The first-order valence-corrected chi connectivity index (χ1v) is 3.04. The van der Waals surface area contributed by atoms with Crippen LogP contribution in [-0.4, -0.2) is 29.4 Å². The summed E-state index contributed by atoms with van der Waals surface area (Å²) in [5.74, 6) is -0.994. The maximum Gasteiger partial charge on any atom is 0.328 e. The summed E-state index contributed by atoms with van der Waals surface area (Å²) in [5, 5.41) is 16.3. The van der Waals surface area contributed by atoms with Crippen LogP contribution in [0.3, 0.4) is 0 Å². The van der Waals surface area contributed by atoms with Crippen molar-refractivity contribution >= 4 is 5.97 Å². The Morgan fingerprint density at radius 1 is 1.36 bits per heavy atom. The van der Waals surface area contributed by atoms with Crippen molar-refractivity contribution in [2.75, 3.05) is 13.2 Å². The maximum atomic E-state index is 9.89. The number of hydrogen-bond donors (Lipinski definition) is 2. The molecule has 0 aliphatic carbocycles. The minimum Gasteiger partial charge on any atom is -0.516 e. The predicted octanol–water partition coefficient (Wildman–Crippen LogP) is 0.716. The quantitative estimate of drug-likeness (QED) is 0.351. The summed E-state index contributed by atoms with van der Waals surface area (Å²) >= 11 is 0. The molecule has 0 rings (SSSR count). The highest BCUT2D eigenvalue weighted by atomic mass is 16.5. The standard InChI is InChI=1S/C7H10O4/c8-4-2-6-11-5-1-3-7(9)10/h1-4,8H,5-6H2,(H,9,10). The van der Waals surface area contributed by atoms with E-state index in [1.54, 1.807) is 0 Å². The number of carboxylic acid groups (broad SMARTS) is 1. The summed E-state index contributed by atoms with van der Waals surface area (Å²) in [6.45, 7) is 0.511. The molecule has 0 radical (unpaired) electrons. The highest BCUT2D eigenvalue weighted by molar-refractivity contribution is 5.79. The minimum absolute atomic E-state index is 0.233. The summed E-state index contributed by atoms with van der Waals surface area (Å²) in [7, 11) is 0. The molecule has 0 unspecified atom stereocenters. The smallest absolute Gasteiger partial charge is 0.328 e. The zero-order valence-electron chi connectivity index (χ0n) is 5.93. The Morgan fingerprint density at radius 3 is 2.55 bits per heavy atom. The van der Waals surface area contributed by atoms with Crippen LogP contribution in [0.4, 0.5) is 0 Å². The number of rotatable bonds is 5. The maximum absolute atomic E-state index is 9.89. The van der Waals surface area contributed by atoms with Crippen LogP contribution < -0.4 is 0 Å². The van der Waals surface area contributed by atoms with Gasteiger partial charge in [0.15, 0.2) is 0 Å². The Hall–Kier alpha value is -1.29. The molecule has 0 aliphatic heterocycles. The number of carboxylic acids is 1. The van der Waals surface area contributed by atoms with Crippen LogP contribution in [0.5, 0.6) is 0 Å². The second kappa shape index (κ2) is 6.82. The third kappa shape index (κ3) is 8.71. The van der Waals surface area contributed by atoms with Gasteiger partial charge in [0.25, 0.3) is 0 Å². The third-order valence-corrected chi connectivity index (χ3v) is 0.794. The molecule has 11 heavy (non-hydrogen) atoms. The summed E-state index contributed by atoms with van der Waals surface area (Å²) in [4.78, 5) is 9.89. The number of aliphatic carboxylic acids is 1. The normalized spacial score (nSPS) is 11.3. The lowest BCUT2D eigenvalue weighted by Gasteiger charge is -1.91. The van der Waals surface area contributed by atoms with Crippen LogP contribution in [0.25, 0.3) is 0 Å². The van der Waals surface area contributed by atoms with Crippen LogP contribution in [-0.2, 0) is 9.53 Å². The molecule has 0 atom stereocenters. The van der Waals surface area contributed by atoms with E-state index in [4.69, 9.17) is 14.9 Å². The molecule has 4 nitrogen and oxygen atoms in total. The Kier molecular flexibility index (Phi) is 6.02. The van der Waals surface area contributed by atoms with E-state index < -0.39 is 5.97 Å². The minimum atomic E-state index is -0.994. The van der Waals surface area contributed by atoms with E-state index in [0.717, 1.165) is 12.3 Å². The predicted molar refractivity (Wildman–Crippen MR) is 39.4 cm³/mol. The van der Waals surface area contributed by atoms with Crippen molar-refractivity contribution in [2.45, 2.75) is 0 Å². The average molecular weight is 158 g/mol. The summed E-state index contributed by atoms with van der Waals surface area (Å²) in [5.41, 5.74) is 0. The van der Waals surface area contributed by atoms with Crippen molar-refractivity contribution in [3.8, 4) is 0 Å². The highest BCUT2D eigenvalue weighted by Crippen LogP contribution is 1.79. The van der Waals surface area contributed by atoms with Gasteiger partial charge in [0, 0.05) is 6.08 Å². The molecule has 0 saturated carbocycles. The van der Waals surface area contributed by atoms with Crippen molar-refractivity contribution in [3.05, 3.63) is 24.5 Å². The lowest BCUT2D eigenvalue weighted by molar-refractivity contribution is -0.131. The number of carbonyl (C=O) groups is 1. The van der Waals surface area contributed by atoms with Gasteiger partial charge >= 0.3 is 5.97 Å². The molecule has 0 aliphatic rings. The molecule has 0 bridgehead atoms. The molecule has 0 aromatic carbocycles. The van der Waals surface area contributed by atoms with Gasteiger partial charge in [0.2, 0.25) is 0 Å². The fourth-order valence-corrected chi connectivity index (χ4v) is 0.396. The number of ether oxygens (including phenoxy) is 1. The van der Waals surface area contributed by atoms with Crippen LogP contribution in [0.15, 0.2) is 24.5 Å². The zero-order valence-corrected chi connectivity index (χ0v) is 5.93. The molecule has 4 heteroatoms. The zero-order chi connectivity index (χ0) is 8.53. The van der Waals surface area contributed by atoms with E-state index in [2.05, 4.69) is 0 Å². The van der Waals surface area contributed by atoms with E-state index in [1.807, 2.05) is 0 Å². The van der Waals surface area contributed by atoms with Gasteiger partial charge in [-0.3, -0.25) is 0 Å². The number of aliphatic hydroxyl groups is 1. The lowest BCUT2D eigenvalue weighted by atomic mass is 10.5. The van der Waals surface area contributed by atoms with Crippen LogP contribution >= 0.6 is 0 Å². The Labute approximate surface area is 64.4 Å². The van der Waals surface area contributed by atoms with E-state index in [0.29, 0.717) is 0 Å². The number of aliphatic hydroxyl groups excluding tert-OH is 1. The van der Waals surface area contributed by atoms with E-state index in [1.165, 1.54) is 12.2 Å². The first-order valence-electron chi connectivity index (χ1n) is 3.04. The monoisotopic (exact) mass is 158 g/mol. The third-order valence-electron chi connectivity index (χ3n) is 0.794. The Morgan fingerprint density at radius 2 is 2.00 bits per heavy atom. The van der Waals surface area contributed by atoms with Gasteiger partial charge in [0.05, 0.1) is 19.5 Å². The van der Waals surface area contributed by atoms with Crippen molar-refractivity contribution in [1.82, 2.24) is 0 Å². The van der Waals surface area contributed by atoms with Crippen molar-refractivity contribution in [1.29, 1.82) is 0 Å². The molecular weight excluding hydrogens is 148 g/mol. The van der Waals surface area contributed by atoms with Gasteiger partial charge in [0.1, 0.15) is 0 Å². The van der Waals surface area contributed by atoms with Crippen molar-refractivity contribution < 1.29 is 19.7 Å². The van der Waals surface area contributed by atoms with Gasteiger partial charge in [-0.15, -0.1) is 0 Å². The first kappa shape index (κ1) is 9.71. The average Bonchev–Trinajstić information content (AvgIpc) is 1.96. The fraction of sp³-hybridized carbons (Fsp3) is 0.286. The van der Waals surface area contributed by atoms with E-state index >= 15 is 0 Å². The van der Waals surface area contributed by atoms with Gasteiger partial charge in [-0.25, -0.2) is 4.79 Å². The summed E-state index contributed by atoms with van der Waals surface area (Å²) in [6, 6.07) is 0. The SMILES string of the molecule is O=C(O)C=CCOCC=CO. The highest BCUT2D eigenvalue weighted by Gasteiger charge is 1.83. The fourth-order valence-electron chi connectivity index (χ4n) is 0.396. The molecule has 0 aromatic heterocycles. The Bertz CT molecular complexity index is 160. The molecule has 62 valence electrons. The molecule has 0 spiro atoms. The van der Waals surface area contributed by atoms with Gasteiger partial charge in [-0.2, -0.15) is 0 Å². The largest absolute Gasteiger partial charge is 0.516 e.